The van der Waals surface area contributed by atoms with Crippen LogP contribution in [-0.2, 0) is 36.4 Å². The fraction of sp³-hybridized carbons (Fsp3) is 0.900. The molecule has 21 heteroatoms. The summed E-state index contributed by atoms with van der Waals surface area (Å²) < 4.78 is 50.8. The molecule has 3 rings (SSSR count). The van der Waals surface area contributed by atoms with Gasteiger partial charge in [-0.15, -0.1) is 0 Å². The molecule has 0 bridgehead atoms. The van der Waals surface area contributed by atoms with Gasteiger partial charge >= 0.3 is 23.5 Å². The molecule has 0 aromatic heterocycles. The summed E-state index contributed by atoms with van der Waals surface area (Å²) in [6, 6.07) is -0.657. The molecule has 0 saturated carbocycles. The summed E-state index contributed by atoms with van der Waals surface area (Å²) in [5, 5.41) is 28.9. The minimum Gasteiger partial charge on any atom is -0.387 e. The minimum atomic E-state index is -5.69. The molecule has 31 heavy (non-hydrogen) atoms. The van der Waals surface area contributed by atoms with Crippen molar-refractivity contribution in [2.75, 3.05) is 19.9 Å². The molecular formula is C10H21N4O14P3. The maximum absolute atomic E-state index is 11.9. The zero-order valence-electron chi connectivity index (χ0n) is 15.3. The van der Waals surface area contributed by atoms with Crippen LogP contribution in [0.1, 0.15) is 0 Å². The monoisotopic (exact) mass is 514 g/mol. The SMILES string of the molecule is O=C1NCNC2C1NCN2C1O[C@H](COP(=O)(O)OP(=O)(O)OP(=O)(O)O)[C@@H](O)[C@H]1O. The summed E-state index contributed by atoms with van der Waals surface area (Å²) in [6.45, 7) is -0.687. The van der Waals surface area contributed by atoms with Gasteiger partial charge in [0.1, 0.15) is 30.6 Å². The zero-order valence-corrected chi connectivity index (χ0v) is 18.0. The van der Waals surface area contributed by atoms with E-state index in [1.807, 2.05) is 0 Å². The standard InChI is InChI=1S/C10H21N4O14P3/c15-6-4(1-25-30(21,22)28-31(23,24)27-29(18,19)20)26-10(7(6)16)14-3-13-5-8(14)11-2-12-9(5)17/h4-8,10-11,13,15-16H,1-3H2,(H,12,17)(H,21,22)(H,23,24)(H2,18,19,20)/t4-,5?,6-,7-,8?,10?/m1/s1. The summed E-state index contributed by atoms with van der Waals surface area (Å²) in [7, 11) is -16.7. The molecule has 8 atom stereocenters. The number of hydrogen-bond acceptors (Lipinski definition) is 13. The van der Waals surface area contributed by atoms with Crippen molar-refractivity contribution in [2.45, 2.75) is 36.7 Å². The van der Waals surface area contributed by atoms with E-state index in [2.05, 4.69) is 29.1 Å². The van der Waals surface area contributed by atoms with Crippen LogP contribution < -0.4 is 16.0 Å². The highest BCUT2D eigenvalue weighted by Crippen LogP contribution is 2.66. The van der Waals surface area contributed by atoms with Crippen LogP contribution in [0.25, 0.3) is 0 Å². The summed E-state index contributed by atoms with van der Waals surface area (Å²) in [6.07, 6.45) is -6.32. The number of phosphoric ester groups is 1. The van der Waals surface area contributed by atoms with Gasteiger partial charge in [0, 0.05) is 0 Å². The highest BCUT2D eigenvalue weighted by Gasteiger charge is 2.52. The Balaban J connectivity index is 1.59. The van der Waals surface area contributed by atoms with Gasteiger partial charge in [-0.2, -0.15) is 8.62 Å². The number of amides is 1. The molecule has 180 valence electrons. The first-order valence-electron chi connectivity index (χ1n) is 8.49. The molecule has 3 saturated heterocycles. The molecule has 0 radical (unpaired) electrons. The van der Waals surface area contributed by atoms with Gasteiger partial charge in [0.2, 0.25) is 5.91 Å². The second kappa shape index (κ2) is 9.12. The van der Waals surface area contributed by atoms with E-state index in [-0.39, 0.29) is 19.2 Å². The van der Waals surface area contributed by atoms with Crippen molar-refractivity contribution in [2.24, 2.45) is 0 Å². The van der Waals surface area contributed by atoms with Gasteiger partial charge in [-0.1, -0.05) is 0 Å². The van der Waals surface area contributed by atoms with E-state index in [9.17, 15) is 33.6 Å². The summed E-state index contributed by atoms with van der Waals surface area (Å²) in [4.78, 5) is 49.0. The fourth-order valence-corrected chi connectivity index (χ4v) is 6.32. The molecule has 0 aliphatic carbocycles. The lowest BCUT2D eigenvalue weighted by Gasteiger charge is -2.35. The first kappa shape index (κ1) is 25.3. The third-order valence-corrected chi connectivity index (χ3v) is 8.31. The number of fused-ring (bicyclic) bond motifs is 1. The molecule has 18 nitrogen and oxygen atoms in total. The largest absolute Gasteiger partial charge is 0.490 e. The molecular weight excluding hydrogens is 493 g/mol. The lowest BCUT2D eigenvalue weighted by atomic mass is 10.1. The van der Waals surface area contributed by atoms with E-state index in [1.165, 1.54) is 4.90 Å². The molecule has 0 aromatic rings. The maximum atomic E-state index is 11.9. The van der Waals surface area contributed by atoms with Gasteiger partial charge in [0.15, 0.2) is 0 Å². The number of nitrogens with zero attached hydrogens (tertiary/aromatic N) is 1. The van der Waals surface area contributed by atoms with E-state index in [0.29, 0.717) is 0 Å². The Labute approximate surface area is 173 Å². The van der Waals surface area contributed by atoms with Crippen molar-refractivity contribution < 1.29 is 66.2 Å². The Morgan fingerprint density at radius 3 is 2.35 bits per heavy atom. The van der Waals surface area contributed by atoms with Crippen LogP contribution in [0.2, 0.25) is 0 Å². The molecule has 9 N–H and O–H groups in total. The lowest BCUT2D eigenvalue weighted by Crippen LogP contribution is -2.64. The lowest BCUT2D eigenvalue weighted by molar-refractivity contribution is -0.130. The number of hydrogen-bond donors (Lipinski definition) is 9. The third kappa shape index (κ3) is 6.16. The van der Waals surface area contributed by atoms with Crippen molar-refractivity contribution in [3.05, 3.63) is 0 Å². The number of aliphatic hydroxyl groups excluding tert-OH is 2. The molecule has 0 spiro atoms. The second-order valence-electron chi connectivity index (χ2n) is 6.65. The molecule has 3 aliphatic heterocycles. The number of carbonyl (C=O) groups is 1. The molecule has 5 unspecified atom stereocenters. The smallest absolute Gasteiger partial charge is 0.387 e. The van der Waals surface area contributed by atoms with E-state index in [0.717, 1.165) is 0 Å². The predicted octanol–water partition coefficient (Wildman–Crippen LogP) is -3.99. The van der Waals surface area contributed by atoms with Crippen molar-refractivity contribution in [3.63, 3.8) is 0 Å². The Morgan fingerprint density at radius 2 is 1.71 bits per heavy atom. The van der Waals surface area contributed by atoms with Gasteiger partial charge in [-0.3, -0.25) is 20.0 Å². The van der Waals surface area contributed by atoms with Gasteiger partial charge in [0.25, 0.3) is 0 Å². The van der Waals surface area contributed by atoms with Gasteiger partial charge in [-0.05, 0) is 0 Å². The normalized spacial score (nSPS) is 38.3. The Morgan fingerprint density at radius 1 is 1.03 bits per heavy atom. The second-order valence-corrected chi connectivity index (χ2v) is 11.1. The highest BCUT2D eigenvalue weighted by molar-refractivity contribution is 7.66. The van der Waals surface area contributed by atoms with Crippen LogP contribution in [0, 0.1) is 0 Å². The van der Waals surface area contributed by atoms with Crippen LogP contribution in [-0.4, -0.2) is 97.3 Å². The number of nitrogens with one attached hydrogen (secondary N) is 3. The highest BCUT2D eigenvalue weighted by atomic mass is 31.3. The molecule has 3 aliphatic rings. The Hall–Kier alpha value is -0.360. The Bertz CT molecular complexity index is 839. The maximum Gasteiger partial charge on any atom is 0.490 e. The van der Waals surface area contributed by atoms with E-state index < -0.39 is 66.8 Å². The number of aliphatic hydroxyl groups is 2. The van der Waals surface area contributed by atoms with Crippen molar-refractivity contribution in [3.8, 4) is 0 Å². The van der Waals surface area contributed by atoms with E-state index >= 15 is 0 Å². The van der Waals surface area contributed by atoms with Crippen LogP contribution in [0.4, 0.5) is 0 Å². The first-order valence-corrected chi connectivity index (χ1v) is 13.0. The van der Waals surface area contributed by atoms with Gasteiger partial charge in [0.05, 0.1) is 26.1 Å². The quantitative estimate of drug-likeness (QED) is 0.140. The average molecular weight is 514 g/mol. The van der Waals surface area contributed by atoms with Crippen molar-refractivity contribution in [1.29, 1.82) is 0 Å². The number of phosphoric acid groups is 3. The van der Waals surface area contributed by atoms with Crippen LogP contribution in [0.3, 0.4) is 0 Å². The topological polar surface area (TPSA) is 266 Å². The summed E-state index contributed by atoms with van der Waals surface area (Å²) in [5.41, 5.74) is 0. The summed E-state index contributed by atoms with van der Waals surface area (Å²) >= 11 is 0. The summed E-state index contributed by atoms with van der Waals surface area (Å²) in [5.74, 6) is -0.288. The first-order chi connectivity index (χ1) is 14.2. The van der Waals surface area contributed by atoms with Crippen LogP contribution in [0.5, 0.6) is 0 Å². The molecule has 3 heterocycles. The van der Waals surface area contributed by atoms with Crippen LogP contribution in [0.15, 0.2) is 0 Å². The molecule has 1 amide bonds. The third-order valence-electron chi connectivity index (χ3n) is 4.51. The van der Waals surface area contributed by atoms with Crippen molar-refractivity contribution in [1.82, 2.24) is 20.9 Å². The molecule has 3 fully saturated rings. The van der Waals surface area contributed by atoms with Crippen molar-refractivity contribution >= 4 is 29.4 Å². The average Bonchev–Trinajstić information content (AvgIpc) is 3.13. The number of ether oxygens (including phenoxy) is 1. The van der Waals surface area contributed by atoms with E-state index in [4.69, 9.17) is 19.4 Å². The predicted molar refractivity (Wildman–Crippen MR) is 94.1 cm³/mol. The number of rotatable bonds is 8. The van der Waals surface area contributed by atoms with Gasteiger partial charge in [-0.25, -0.2) is 18.6 Å². The number of carbonyl (C=O) groups excluding carboxylic acids is 1. The minimum absolute atomic E-state index is 0.0901. The van der Waals surface area contributed by atoms with E-state index in [1.54, 1.807) is 0 Å². The Kier molecular flexibility index (Phi) is 7.43. The zero-order chi connectivity index (χ0) is 23.2. The van der Waals surface area contributed by atoms with Gasteiger partial charge < -0.3 is 39.8 Å². The molecule has 0 aromatic carbocycles. The van der Waals surface area contributed by atoms with Crippen LogP contribution >= 0.6 is 23.5 Å². The fourth-order valence-electron chi connectivity index (χ4n) is 3.29.